The van der Waals surface area contributed by atoms with Gasteiger partial charge in [0.15, 0.2) is 5.16 Å². The first-order chi connectivity index (χ1) is 5.61. The number of aryl methyl sites for hydroxylation is 1. The van der Waals surface area contributed by atoms with Gasteiger partial charge in [0.1, 0.15) is 0 Å². The van der Waals surface area contributed by atoms with E-state index in [0.29, 0.717) is 5.25 Å². The van der Waals surface area contributed by atoms with E-state index in [9.17, 15) is 0 Å². The van der Waals surface area contributed by atoms with E-state index in [1.807, 2.05) is 24.7 Å². The zero-order valence-electron chi connectivity index (χ0n) is 7.69. The minimum atomic E-state index is 0.201. The smallest absolute Gasteiger partial charge is 0.167 e. The fourth-order valence-corrected chi connectivity index (χ4v) is 1.64. The number of nitrogens with two attached hydrogens (primary N) is 1. The van der Waals surface area contributed by atoms with Gasteiger partial charge in [-0.25, -0.2) is 4.98 Å². The molecule has 0 aliphatic heterocycles. The van der Waals surface area contributed by atoms with Gasteiger partial charge in [0, 0.05) is 30.7 Å². The van der Waals surface area contributed by atoms with E-state index in [1.165, 1.54) is 0 Å². The predicted molar refractivity (Wildman–Crippen MR) is 52.2 cm³/mol. The van der Waals surface area contributed by atoms with Crippen molar-refractivity contribution in [2.24, 2.45) is 12.8 Å². The molecule has 0 saturated carbocycles. The largest absolute Gasteiger partial charge is 0.329 e. The molecule has 0 bridgehead atoms. The zero-order chi connectivity index (χ0) is 9.14. The molecule has 2 N–H and O–H groups in total. The van der Waals surface area contributed by atoms with Gasteiger partial charge in [-0.1, -0.05) is 18.7 Å². The van der Waals surface area contributed by atoms with Crippen molar-refractivity contribution in [1.29, 1.82) is 0 Å². The molecule has 1 rings (SSSR count). The van der Waals surface area contributed by atoms with Crippen molar-refractivity contribution >= 4 is 11.8 Å². The standard InChI is InChI=1S/C8H15N3S/c1-6(9)7(2)12-8-10-4-5-11(8)3/h4-7H,9H2,1-3H3. The molecule has 0 spiro atoms. The summed E-state index contributed by atoms with van der Waals surface area (Å²) in [6.45, 7) is 4.13. The van der Waals surface area contributed by atoms with Gasteiger partial charge in [0.25, 0.3) is 0 Å². The Bertz CT molecular complexity index is 244. The molecule has 4 heteroatoms. The van der Waals surface area contributed by atoms with Crippen LogP contribution in [0, 0.1) is 0 Å². The molecule has 1 heterocycles. The normalized spacial score (nSPS) is 16.0. The summed E-state index contributed by atoms with van der Waals surface area (Å²) >= 11 is 1.71. The molecule has 0 aliphatic rings. The van der Waals surface area contributed by atoms with Gasteiger partial charge < -0.3 is 10.3 Å². The van der Waals surface area contributed by atoms with Crippen LogP contribution >= 0.6 is 11.8 Å². The SMILES string of the molecule is CC(N)C(C)Sc1nccn1C. The molecule has 12 heavy (non-hydrogen) atoms. The summed E-state index contributed by atoms with van der Waals surface area (Å²) in [7, 11) is 1.99. The number of thioether (sulfide) groups is 1. The Balaban J connectivity index is 2.58. The van der Waals surface area contributed by atoms with Crippen LogP contribution in [-0.2, 0) is 7.05 Å². The minimum Gasteiger partial charge on any atom is -0.329 e. The second-order valence-corrected chi connectivity index (χ2v) is 4.35. The molecule has 1 aromatic heterocycles. The number of aromatic nitrogens is 2. The van der Waals surface area contributed by atoms with E-state index in [1.54, 1.807) is 18.0 Å². The summed E-state index contributed by atoms with van der Waals surface area (Å²) in [5.74, 6) is 0. The summed E-state index contributed by atoms with van der Waals surface area (Å²) < 4.78 is 2.00. The summed E-state index contributed by atoms with van der Waals surface area (Å²) in [5.41, 5.74) is 5.74. The second-order valence-electron chi connectivity index (χ2n) is 3.00. The number of nitrogens with zero attached hydrogens (tertiary/aromatic N) is 2. The number of hydrogen-bond acceptors (Lipinski definition) is 3. The molecule has 0 fully saturated rings. The fourth-order valence-electron chi connectivity index (χ4n) is 0.739. The number of hydrogen-bond donors (Lipinski definition) is 1. The van der Waals surface area contributed by atoms with Crippen molar-refractivity contribution in [2.75, 3.05) is 0 Å². The second kappa shape index (κ2) is 3.96. The zero-order valence-corrected chi connectivity index (χ0v) is 8.51. The third-order valence-corrected chi connectivity index (χ3v) is 3.21. The van der Waals surface area contributed by atoms with Gasteiger partial charge in [-0.15, -0.1) is 0 Å². The van der Waals surface area contributed by atoms with Gasteiger partial charge in [-0.05, 0) is 6.92 Å². The lowest BCUT2D eigenvalue weighted by Gasteiger charge is -2.13. The quantitative estimate of drug-likeness (QED) is 0.721. The Kier molecular flexibility index (Phi) is 3.17. The van der Waals surface area contributed by atoms with Crippen molar-refractivity contribution in [3.63, 3.8) is 0 Å². The maximum Gasteiger partial charge on any atom is 0.167 e. The molecule has 68 valence electrons. The van der Waals surface area contributed by atoms with Gasteiger partial charge in [0.2, 0.25) is 0 Å². The van der Waals surface area contributed by atoms with Gasteiger partial charge in [-0.3, -0.25) is 0 Å². The molecule has 0 radical (unpaired) electrons. The third-order valence-electron chi connectivity index (χ3n) is 1.81. The van der Waals surface area contributed by atoms with E-state index in [4.69, 9.17) is 5.73 Å². The first-order valence-electron chi connectivity index (χ1n) is 4.01. The van der Waals surface area contributed by atoms with Crippen LogP contribution in [0.3, 0.4) is 0 Å². The molecule has 0 saturated heterocycles. The molecule has 0 amide bonds. The summed E-state index contributed by atoms with van der Waals surface area (Å²) in [6.07, 6.45) is 3.74. The first kappa shape index (κ1) is 9.61. The van der Waals surface area contributed by atoms with E-state index < -0.39 is 0 Å². The number of imidazole rings is 1. The van der Waals surface area contributed by atoms with E-state index >= 15 is 0 Å². The third kappa shape index (κ3) is 2.25. The highest BCUT2D eigenvalue weighted by molar-refractivity contribution is 7.99. The Morgan fingerprint density at radius 2 is 2.25 bits per heavy atom. The molecular weight excluding hydrogens is 170 g/mol. The van der Waals surface area contributed by atoms with Crippen LogP contribution < -0.4 is 5.73 Å². The van der Waals surface area contributed by atoms with Crippen LogP contribution in [0.2, 0.25) is 0 Å². The first-order valence-corrected chi connectivity index (χ1v) is 4.89. The highest BCUT2D eigenvalue weighted by atomic mass is 32.2. The number of rotatable bonds is 3. The lowest BCUT2D eigenvalue weighted by molar-refractivity contribution is 0.718. The maximum atomic E-state index is 5.74. The van der Waals surface area contributed by atoms with Crippen molar-refractivity contribution < 1.29 is 0 Å². The van der Waals surface area contributed by atoms with E-state index in [2.05, 4.69) is 11.9 Å². The molecule has 2 atom stereocenters. The molecule has 3 nitrogen and oxygen atoms in total. The molecule has 0 aromatic carbocycles. The topological polar surface area (TPSA) is 43.8 Å². The molecule has 2 unspecified atom stereocenters. The Morgan fingerprint density at radius 1 is 1.58 bits per heavy atom. The van der Waals surface area contributed by atoms with Crippen LogP contribution in [0.4, 0.5) is 0 Å². The van der Waals surface area contributed by atoms with Gasteiger partial charge in [0.05, 0.1) is 0 Å². The van der Waals surface area contributed by atoms with Crippen molar-refractivity contribution in [2.45, 2.75) is 30.3 Å². The Hall–Kier alpha value is -0.480. The van der Waals surface area contributed by atoms with Gasteiger partial charge in [-0.2, -0.15) is 0 Å². The highest BCUT2D eigenvalue weighted by Gasteiger charge is 2.11. The highest BCUT2D eigenvalue weighted by Crippen LogP contribution is 2.21. The van der Waals surface area contributed by atoms with Crippen LogP contribution in [-0.4, -0.2) is 20.8 Å². The molecular formula is C8H15N3S. The average molecular weight is 185 g/mol. The van der Waals surface area contributed by atoms with Crippen LogP contribution in [0.15, 0.2) is 17.6 Å². The summed E-state index contributed by atoms with van der Waals surface area (Å²) in [5, 5.41) is 1.44. The average Bonchev–Trinajstić information content (AvgIpc) is 2.36. The van der Waals surface area contributed by atoms with Crippen molar-refractivity contribution in [3.05, 3.63) is 12.4 Å². The van der Waals surface area contributed by atoms with Crippen LogP contribution in [0.25, 0.3) is 0 Å². The van der Waals surface area contributed by atoms with E-state index in [-0.39, 0.29) is 6.04 Å². The van der Waals surface area contributed by atoms with Crippen molar-refractivity contribution in [1.82, 2.24) is 9.55 Å². The lowest BCUT2D eigenvalue weighted by Crippen LogP contribution is -2.26. The fraction of sp³-hybridized carbons (Fsp3) is 0.625. The molecule has 1 aromatic rings. The summed E-state index contributed by atoms with van der Waals surface area (Å²) in [6, 6.07) is 0.201. The summed E-state index contributed by atoms with van der Waals surface area (Å²) in [4.78, 5) is 4.21. The lowest BCUT2D eigenvalue weighted by atomic mass is 10.3. The predicted octanol–water partition coefficient (Wildman–Crippen LogP) is 1.25. The van der Waals surface area contributed by atoms with Crippen LogP contribution in [0.5, 0.6) is 0 Å². The van der Waals surface area contributed by atoms with Gasteiger partial charge >= 0.3 is 0 Å². The Labute approximate surface area is 77.4 Å². The van der Waals surface area contributed by atoms with Crippen molar-refractivity contribution in [3.8, 4) is 0 Å². The maximum absolute atomic E-state index is 5.74. The van der Waals surface area contributed by atoms with E-state index in [0.717, 1.165) is 5.16 Å². The Morgan fingerprint density at radius 3 is 2.67 bits per heavy atom. The minimum absolute atomic E-state index is 0.201. The monoisotopic (exact) mass is 185 g/mol. The molecule has 0 aliphatic carbocycles. The van der Waals surface area contributed by atoms with Crippen LogP contribution in [0.1, 0.15) is 13.8 Å².